The van der Waals surface area contributed by atoms with Gasteiger partial charge < -0.3 is 14.4 Å². The van der Waals surface area contributed by atoms with E-state index in [4.69, 9.17) is 9.47 Å². The molecule has 0 aromatic carbocycles. The number of fused-ring (bicyclic) bond motifs is 3. The molecule has 1 aromatic rings. The number of pyridine rings is 1. The Kier molecular flexibility index (Phi) is 4.21. The van der Waals surface area contributed by atoms with Gasteiger partial charge in [-0.15, -0.1) is 0 Å². The van der Waals surface area contributed by atoms with Crippen LogP contribution < -0.4 is 4.74 Å². The molecular weight excluding hydrogens is 292 g/mol. The molecule has 1 amide bonds. The monoisotopic (exact) mass is 318 g/mol. The van der Waals surface area contributed by atoms with Crippen LogP contribution in [0.15, 0.2) is 18.3 Å². The van der Waals surface area contributed by atoms with Crippen molar-refractivity contribution in [2.75, 3.05) is 6.54 Å². The molecule has 3 atom stereocenters. The first-order valence-corrected chi connectivity index (χ1v) is 8.41. The van der Waals surface area contributed by atoms with Gasteiger partial charge in [0.15, 0.2) is 0 Å². The van der Waals surface area contributed by atoms with Crippen molar-refractivity contribution in [2.24, 2.45) is 5.92 Å². The molecule has 2 bridgehead atoms. The number of hydrogen-bond acceptors (Lipinski definition) is 4. The molecule has 5 heteroatoms. The second-order valence-corrected chi connectivity index (χ2v) is 7.71. The maximum atomic E-state index is 12.5. The predicted molar refractivity (Wildman–Crippen MR) is 87.5 cm³/mol. The van der Waals surface area contributed by atoms with E-state index in [1.807, 2.05) is 50.9 Å². The van der Waals surface area contributed by atoms with Gasteiger partial charge >= 0.3 is 6.09 Å². The molecule has 0 N–H and O–H groups in total. The van der Waals surface area contributed by atoms with Gasteiger partial charge in [-0.3, -0.25) is 0 Å². The van der Waals surface area contributed by atoms with Crippen molar-refractivity contribution in [3.8, 4) is 5.88 Å². The van der Waals surface area contributed by atoms with Gasteiger partial charge in [0.25, 0.3) is 0 Å². The Bertz CT molecular complexity index is 565. The van der Waals surface area contributed by atoms with E-state index in [1.165, 1.54) is 0 Å². The largest absolute Gasteiger partial charge is 0.472 e. The molecule has 23 heavy (non-hydrogen) atoms. The van der Waals surface area contributed by atoms with E-state index in [9.17, 15) is 4.79 Å². The average molecular weight is 318 g/mol. The summed E-state index contributed by atoms with van der Waals surface area (Å²) in [6.45, 7) is 8.48. The van der Waals surface area contributed by atoms with Gasteiger partial charge in [0.2, 0.25) is 5.88 Å². The van der Waals surface area contributed by atoms with Crippen LogP contribution >= 0.6 is 0 Å². The molecule has 1 aliphatic carbocycles. The molecule has 2 saturated heterocycles. The zero-order chi connectivity index (χ0) is 16.6. The quantitative estimate of drug-likeness (QED) is 0.836. The number of carbonyl (C=O) groups is 1. The van der Waals surface area contributed by atoms with E-state index in [-0.39, 0.29) is 18.2 Å². The summed E-state index contributed by atoms with van der Waals surface area (Å²) in [6, 6.07) is 3.97. The van der Waals surface area contributed by atoms with Crippen molar-refractivity contribution < 1.29 is 14.3 Å². The maximum Gasteiger partial charge on any atom is 0.410 e. The van der Waals surface area contributed by atoms with Gasteiger partial charge in [-0.2, -0.15) is 0 Å². The van der Waals surface area contributed by atoms with Crippen LogP contribution in [0.4, 0.5) is 4.79 Å². The van der Waals surface area contributed by atoms with Gasteiger partial charge in [0.05, 0.1) is 6.04 Å². The first-order valence-electron chi connectivity index (χ1n) is 8.41. The number of aryl methyl sites for hydroxylation is 1. The van der Waals surface area contributed by atoms with E-state index in [1.54, 1.807) is 0 Å². The highest BCUT2D eigenvalue weighted by Gasteiger charge is 2.45. The minimum Gasteiger partial charge on any atom is -0.472 e. The average Bonchev–Trinajstić information content (AvgIpc) is 2.48. The Labute approximate surface area is 138 Å². The summed E-state index contributed by atoms with van der Waals surface area (Å²) in [4.78, 5) is 18.7. The maximum absolute atomic E-state index is 12.5. The fraction of sp³-hybridized carbons (Fsp3) is 0.667. The molecular formula is C18H26N2O3. The highest BCUT2D eigenvalue weighted by molar-refractivity contribution is 5.69. The second kappa shape index (κ2) is 6.02. The van der Waals surface area contributed by atoms with Gasteiger partial charge in [0.1, 0.15) is 11.7 Å². The van der Waals surface area contributed by atoms with Crippen LogP contribution in [0.3, 0.4) is 0 Å². The number of carbonyl (C=O) groups excluding carboxylic acids is 1. The van der Waals surface area contributed by atoms with Crippen LogP contribution in [0.2, 0.25) is 0 Å². The molecule has 2 aliphatic heterocycles. The molecule has 1 aromatic heterocycles. The third-order valence-electron chi connectivity index (χ3n) is 4.51. The Balaban J connectivity index is 1.70. The number of rotatable bonds is 2. The van der Waals surface area contributed by atoms with E-state index >= 15 is 0 Å². The summed E-state index contributed by atoms with van der Waals surface area (Å²) in [5, 5.41) is 0. The van der Waals surface area contributed by atoms with Crippen LogP contribution in [-0.2, 0) is 4.74 Å². The molecule has 3 fully saturated rings. The van der Waals surface area contributed by atoms with Crippen LogP contribution in [0.25, 0.3) is 0 Å². The Morgan fingerprint density at radius 2 is 2.09 bits per heavy atom. The Hall–Kier alpha value is -1.78. The summed E-state index contributed by atoms with van der Waals surface area (Å²) < 4.78 is 11.7. The summed E-state index contributed by atoms with van der Waals surface area (Å²) in [5.41, 5.74) is 0.640. The topological polar surface area (TPSA) is 51.7 Å². The molecule has 4 rings (SSSR count). The van der Waals surface area contributed by atoms with Gasteiger partial charge in [-0.1, -0.05) is 6.07 Å². The number of piperidine rings is 2. The highest BCUT2D eigenvalue weighted by Crippen LogP contribution is 2.37. The standard InChI is InChI=1S/C18H26N2O3/c1-12-5-8-16(19-10-12)22-15-9-13-6-7-14(15)20(11-13)17(21)23-18(2,3)4/h5,8,10,13-15H,6-7,9,11H2,1-4H3/t13-,14+,15-/m1/s1. The van der Waals surface area contributed by atoms with E-state index < -0.39 is 5.60 Å². The summed E-state index contributed by atoms with van der Waals surface area (Å²) in [7, 11) is 0. The number of amides is 1. The van der Waals surface area contributed by atoms with Crippen LogP contribution in [0.1, 0.15) is 45.6 Å². The molecule has 5 nitrogen and oxygen atoms in total. The first-order chi connectivity index (χ1) is 10.8. The molecule has 1 saturated carbocycles. The zero-order valence-electron chi connectivity index (χ0n) is 14.4. The Morgan fingerprint density at radius 1 is 1.30 bits per heavy atom. The van der Waals surface area contributed by atoms with Crippen molar-refractivity contribution in [3.05, 3.63) is 23.9 Å². The molecule has 126 valence electrons. The van der Waals surface area contributed by atoms with Gasteiger partial charge in [-0.25, -0.2) is 9.78 Å². The number of nitrogens with zero attached hydrogens (tertiary/aromatic N) is 2. The normalized spacial score (nSPS) is 27.0. The van der Waals surface area contributed by atoms with Crippen LogP contribution in [-0.4, -0.2) is 40.3 Å². The van der Waals surface area contributed by atoms with E-state index in [2.05, 4.69) is 4.98 Å². The molecule has 0 unspecified atom stereocenters. The summed E-state index contributed by atoms with van der Waals surface area (Å²) in [6.07, 6.45) is 4.70. The molecule has 0 spiro atoms. The number of hydrogen-bond donors (Lipinski definition) is 0. The lowest BCUT2D eigenvalue weighted by atomic mass is 9.78. The van der Waals surface area contributed by atoms with Crippen molar-refractivity contribution in [2.45, 2.75) is 64.7 Å². The fourth-order valence-corrected chi connectivity index (χ4v) is 3.47. The predicted octanol–water partition coefficient (Wildman–Crippen LogP) is 3.56. The molecule has 3 aliphatic rings. The minimum atomic E-state index is -0.470. The molecule has 3 heterocycles. The lowest BCUT2D eigenvalue weighted by Gasteiger charge is -2.49. The fourth-order valence-electron chi connectivity index (χ4n) is 3.47. The van der Waals surface area contributed by atoms with Gasteiger partial charge in [-0.05, 0) is 58.4 Å². The lowest BCUT2D eigenvalue weighted by molar-refractivity contribution is -0.0561. The third-order valence-corrected chi connectivity index (χ3v) is 4.51. The summed E-state index contributed by atoms with van der Waals surface area (Å²) >= 11 is 0. The highest BCUT2D eigenvalue weighted by atomic mass is 16.6. The van der Waals surface area contributed by atoms with Crippen molar-refractivity contribution in [1.82, 2.24) is 9.88 Å². The van der Waals surface area contributed by atoms with Crippen molar-refractivity contribution in [3.63, 3.8) is 0 Å². The smallest absolute Gasteiger partial charge is 0.410 e. The van der Waals surface area contributed by atoms with Crippen molar-refractivity contribution in [1.29, 1.82) is 0 Å². The number of ether oxygens (including phenoxy) is 2. The van der Waals surface area contributed by atoms with Crippen molar-refractivity contribution >= 4 is 6.09 Å². The first kappa shape index (κ1) is 16.1. The zero-order valence-corrected chi connectivity index (χ0v) is 14.4. The third kappa shape index (κ3) is 3.77. The Morgan fingerprint density at radius 3 is 2.70 bits per heavy atom. The SMILES string of the molecule is Cc1ccc(O[C@@H]2C[C@H]3CC[C@@H]2N(C(=O)OC(C)(C)C)C3)nc1. The molecule has 0 radical (unpaired) electrons. The van der Waals surface area contributed by atoms with E-state index in [0.717, 1.165) is 31.4 Å². The van der Waals surface area contributed by atoms with E-state index in [0.29, 0.717) is 11.8 Å². The lowest BCUT2D eigenvalue weighted by Crippen LogP contribution is -2.60. The minimum absolute atomic E-state index is 0.00484. The number of aromatic nitrogens is 1. The summed E-state index contributed by atoms with van der Waals surface area (Å²) in [5.74, 6) is 1.13. The van der Waals surface area contributed by atoms with Gasteiger partial charge in [0, 0.05) is 18.8 Å². The van der Waals surface area contributed by atoms with Crippen LogP contribution in [0.5, 0.6) is 5.88 Å². The second-order valence-electron chi connectivity index (χ2n) is 7.71. The van der Waals surface area contributed by atoms with Crippen LogP contribution in [0, 0.1) is 12.8 Å².